The molecular formula is C18H31N3. The number of nitrogens with two attached hydrogens (primary N) is 1. The minimum absolute atomic E-state index is 0.209. The van der Waals surface area contributed by atoms with Crippen molar-refractivity contribution in [1.29, 1.82) is 0 Å². The molecule has 3 nitrogen and oxygen atoms in total. The van der Waals surface area contributed by atoms with Gasteiger partial charge in [0.25, 0.3) is 0 Å². The van der Waals surface area contributed by atoms with Crippen LogP contribution in [0.2, 0.25) is 0 Å². The molecule has 21 heavy (non-hydrogen) atoms. The lowest BCUT2D eigenvalue weighted by Crippen LogP contribution is -2.54. The van der Waals surface area contributed by atoms with Crippen molar-refractivity contribution in [2.45, 2.75) is 51.5 Å². The molecular weight excluding hydrogens is 258 g/mol. The Bertz CT molecular complexity index is 408. The van der Waals surface area contributed by atoms with Crippen molar-refractivity contribution in [3.05, 3.63) is 30.1 Å². The van der Waals surface area contributed by atoms with E-state index in [0.717, 1.165) is 31.3 Å². The van der Waals surface area contributed by atoms with E-state index in [1.807, 2.05) is 12.3 Å². The van der Waals surface area contributed by atoms with E-state index in [0.29, 0.717) is 0 Å². The first-order valence-corrected chi connectivity index (χ1v) is 8.38. The van der Waals surface area contributed by atoms with Crippen LogP contribution in [0.4, 0.5) is 0 Å². The van der Waals surface area contributed by atoms with Crippen molar-refractivity contribution in [2.24, 2.45) is 17.6 Å². The summed E-state index contributed by atoms with van der Waals surface area (Å²) >= 11 is 0. The van der Waals surface area contributed by atoms with E-state index in [9.17, 15) is 0 Å². The zero-order valence-corrected chi connectivity index (χ0v) is 13.9. The maximum absolute atomic E-state index is 6.17. The molecule has 1 aromatic rings. The number of nitrogens with zero attached hydrogens (tertiary/aromatic N) is 2. The molecule has 118 valence electrons. The maximum atomic E-state index is 6.17. The molecule has 0 bridgehead atoms. The van der Waals surface area contributed by atoms with Crippen molar-refractivity contribution in [3.8, 4) is 0 Å². The molecule has 3 heteroatoms. The Kier molecular flexibility index (Phi) is 5.77. The lowest BCUT2D eigenvalue weighted by molar-refractivity contribution is 0.0562. The first kappa shape index (κ1) is 16.4. The van der Waals surface area contributed by atoms with Gasteiger partial charge in [0.15, 0.2) is 0 Å². The van der Waals surface area contributed by atoms with Gasteiger partial charge in [0, 0.05) is 36.9 Å². The van der Waals surface area contributed by atoms with Gasteiger partial charge in [-0.2, -0.15) is 0 Å². The van der Waals surface area contributed by atoms with Gasteiger partial charge in [-0.05, 0) is 56.7 Å². The minimum Gasteiger partial charge on any atom is -0.329 e. The lowest BCUT2D eigenvalue weighted by Gasteiger charge is -2.46. The Morgan fingerprint density at radius 2 is 2.05 bits per heavy atom. The Morgan fingerprint density at radius 3 is 2.57 bits per heavy atom. The Labute approximate surface area is 129 Å². The minimum atomic E-state index is 0.209. The molecule has 1 heterocycles. The summed E-state index contributed by atoms with van der Waals surface area (Å²) in [7, 11) is 2.24. The normalized spacial score (nSPS) is 26.5. The van der Waals surface area contributed by atoms with E-state index in [1.165, 1.54) is 31.4 Å². The number of rotatable bonds is 6. The molecule has 0 unspecified atom stereocenters. The molecule has 2 N–H and O–H groups in total. The van der Waals surface area contributed by atoms with Crippen LogP contribution in [-0.2, 0) is 6.42 Å². The third-order valence-electron chi connectivity index (χ3n) is 5.52. The van der Waals surface area contributed by atoms with Crippen molar-refractivity contribution < 1.29 is 0 Å². The van der Waals surface area contributed by atoms with Crippen LogP contribution < -0.4 is 5.73 Å². The standard InChI is InChI=1S/C18H31N3/c1-15(2)16-7-10-18(14-19,11-8-16)21(3)13-9-17-6-4-5-12-20-17/h4-6,12,15-16H,7-11,13-14,19H2,1-3H3. The van der Waals surface area contributed by atoms with Gasteiger partial charge in [-0.25, -0.2) is 0 Å². The van der Waals surface area contributed by atoms with Gasteiger partial charge in [-0.15, -0.1) is 0 Å². The fourth-order valence-electron chi connectivity index (χ4n) is 3.65. The first-order chi connectivity index (χ1) is 10.1. The molecule has 1 aliphatic rings. The zero-order valence-electron chi connectivity index (χ0n) is 13.9. The van der Waals surface area contributed by atoms with Crippen LogP contribution in [0.15, 0.2) is 24.4 Å². The van der Waals surface area contributed by atoms with E-state index in [2.05, 4.69) is 42.9 Å². The van der Waals surface area contributed by atoms with E-state index in [4.69, 9.17) is 5.73 Å². The third kappa shape index (κ3) is 4.04. The van der Waals surface area contributed by atoms with Gasteiger partial charge in [-0.3, -0.25) is 9.88 Å². The number of pyridine rings is 1. The topological polar surface area (TPSA) is 42.1 Å². The fourth-order valence-corrected chi connectivity index (χ4v) is 3.65. The highest BCUT2D eigenvalue weighted by Crippen LogP contribution is 2.38. The molecule has 2 rings (SSSR count). The lowest BCUT2D eigenvalue weighted by atomic mass is 9.72. The maximum Gasteiger partial charge on any atom is 0.0416 e. The second-order valence-electron chi connectivity index (χ2n) is 7.00. The van der Waals surface area contributed by atoms with Crippen LogP contribution >= 0.6 is 0 Å². The van der Waals surface area contributed by atoms with Crippen LogP contribution in [0.5, 0.6) is 0 Å². The highest BCUT2D eigenvalue weighted by atomic mass is 15.2. The third-order valence-corrected chi connectivity index (χ3v) is 5.52. The Balaban J connectivity index is 1.91. The van der Waals surface area contributed by atoms with E-state index in [1.54, 1.807) is 0 Å². The second-order valence-corrected chi connectivity index (χ2v) is 7.00. The molecule has 0 amide bonds. The van der Waals surface area contributed by atoms with Crippen LogP contribution in [0, 0.1) is 11.8 Å². The molecule has 0 aromatic carbocycles. The van der Waals surface area contributed by atoms with Crippen molar-refractivity contribution >= 4 is 0 Å². The van der Waals surface area contributed by atoms with Crippen LogP contribution in [0.3, 0.4) is 0 Å². The second kappa shape index (κ2) is 7.37. The van der Waals surface area contributed by atoms with Gasteiger partial charge >= 0.3 is 0 Å². The average molecular weight is 289 g/mol. The molecule has 0 radical (unpaired) electrons. The van der Waals surface area contributed by atoms with Crippen molar-refractivity contribution in [3.63, 3.8) is 0 Å². The van der Waals surface area contributed by atoms with E-state index >= 15 is 0 Å². The van der Waals surface area contributed by atoms with Crippen molar-refractivity contribution in [2.75, 3.05) is 20.1 Å². The summed E-state index contributed by atoms with van der Waals surface area (Å²) in [5.74, 6) is 1.69. The molecule has 0 spiro atoms. The smallest absolute Gasteiger partial charge is 0.0416 e. The Morgan fingerprint density at radius 1 is 1.33 bits per heavy atom. The molecule has 0 saturated heterocycles. The molecule has 0 aliphatic heterocycles. The zero-order chi connectivity index (χ0) is 15.3. The highest BCUT2D eigenvalue weighted by molar-refractivity contribution is 5.04. The summed E-state index contributed by atoms with van der Waals surface area (Å²) < 4.78 is 0. The van der Waals surface area contributed by atoms with Gasteiger partial charge in [0.1, 0.15) is 0 Å². The van der Waals surface area contributed by atoms with Gasteiger partial charge < -0.3 is 5.73 Å². The van der Waals surface area contributed by atoms with Crippen LogP contribution in [0.1, 0.15) is 45.2 Å². The average Bonchev–Trinajstić information content (AvgIpc) is 2.53. The number of likely N-dealkylation sites (N-methyl/N-ethyl adjacent to an activating group) is 1. The predicted molar refractivity (Wildman–Crippen MR) is 89.2 cm³/mol. The van der Waals surface area contributed by atoms with E-state index < -0.39 is 0 Å². The highest BCUT2D eigenvalue weighted by Gasteiger charge is 2.37. The fraction of sp³-hybridized carbons (Fsp3) is 0.722. The van der Waals surface area contributed by atoms with E-state index in [-0.39, 0.29) is 5.54 Å². The summed E-state index contributed by atoms with van der Waals surface area (Å²) in [6, 6.07) is 6.15. The Hall–Kier alpha value is -0.930. The SMILES string of the molecule is CC(C)C1CCC(CN)(N(C)CCc2ccccn2)CC1. The summed E-state index contributed by atoms with van der Waals surface area (Å²) in [5.41, 5.74) is 7.55. The van der Waals surface area contributed by atoms with Crippen LogP contribution in [-0.4, -0.2) is 35.6 Å². The number of aromatic nitrogens is 1. The summed E-state index contributed by atoms with van der Waals surface area (Å²) in [5, 5.41) is 0. The molecule has 1 saturated carbocycles. The first-order valence-electron chi connectivity index (χ1n) is 8.38. The number of hydrogen-bond acceptors (Lipinski definition) is 3. The summed E-state index contributed by atoms with van der Waals surface area (Å²) in [6.45, 7) is 6.52. The molecule has 0 atom stereocenters. The van der Waals surface area contributed by atoms with Crippen molar-refractivity contribution in [1.82, 2.24) is 9.88 Å². The van der Waals surface area contributed by atoms with Crippen LogP contribution in [0.25, 0.3) is 0 Å². The quantitative estimate of drug-likeness (QED) is 0.875. The van der Waals surface area contributed by atoms with Gasteiger partial charge in [0.2, 0.25) is 0 Å². The largest absolute Gasteiger partial charge is 0.329 e. The van der Waals surface area contributed by atoms with Gasteiger partial charge in [-0.1, -0.05) is 19.9 Å². The number of hydrogen-bond donors (Lipinski definition) is 1. The summed E-state index contributed by atoms with van der Waals surface area (Å²) in [6.07, 6.45) is 8.01. The van der Waals surface area contributed by atoms with Gasteiger partial charge in [0.05, 0.1) is 0 Å². The molecule has 1 fully saturated rings. The molecule has 1 aliphatic carbocycles. The predicted octanol–water partition coefficient (Wildman–Crippen LogP) is 3.10. The monoisotopic (exact) mass is 289 g/mol. The molecule has 1 aromatic heterocycles. The summed E-state index contributed by atoms with van der Waals surface area (Å²) in [4.78, 5) is 6.92.